The third-order valence-corrected chi connectivity index (χ3v) is 6.61. The predicted octanol–water partition coefficient (Wildman–Crippen LogP) is 5.51. The maximum absolute atomic E-state index is 12.5. The van der Waals surface area contributed by atoms with Gasteiger partial charge < -0.3 is 18.9 Å². The number of carbonyl (C=O) groups excluding carboxylic acids is 3. The number of rotatable bonds is 8. The van der Waals surface area contributed by atoms with Crippen molar-refractivity contribution in [2.24, 2.45) is 0 Å². The van der Waals surface area contributed by atoms with Gasteiger partial charge in [0.05, 0.1) is 37.4 Å². The number of nitrogens with one attached hydrogen (secondary N) is 1. The zero-order valence-corrected chi connectivity index (χ0v) is 22.4. The number of benzene rings is 3. The third kappa shape index (κ3) is 4.98. The van der Waals surface area contributed by atoms with Crippen molar-refractivity contribution in [2.45, 2.75) is 13.8 Å². The summed E-state index contributed by atoms with van der Waals surface area (Å²) in [6.45, 7) is 3.51. The number of methoxy groups -OCH3 is 2. The number of hydrogen-bond donors (Lipinski definition) is 1. The van der Waals surface area contributed by atoms with Gasteiger partial charge in [-0.3, -0.25) is 24.8 Å². The van der Waals surface area contributed by atoms with Crippen molar-refractivity contribution in [3.05, 3.63) is 83.0 Å². The van der Waals surface area contributed by atoms with Crippen LogP contribution in [0.3, 0.4) is 0 Å². The second-order valence-corrected chi connectivity index (χ2v) is 9.14. The van der Waals surface area contributed by atoms with Crippen LogP contribution in [0.4, 0.5) is 10.5 Å². The van der Waals surface area contributed by atoms with Gasteiger partial charge in [0.25, 0.3) is 11.8 Å². The molecule has 3 amide bonds. The predicted molar refractivity (Wildman–Crippen MR) is 148 cm³/mol. The van der Waals surface area contributed by atoms with E-state index in [-0.39, 0.29) is 13.2 Å². The highest BCUT2D eigenvalue weighted by Gasteiger charge is 2.34. The Bertz CT molecular complexity index is 1620. The number of aryl methyl sites for hydroxylation is 2. The van der Waals surface area contributed by atoms with Gasteiger partial charge in [-0.25, -0.2) is 4.79 Å². The van der Waals surface area contributed by atoms with Gasteiger partial charge in [-0.1, -0.05) is 12.1 Å². The van der Waals surface area contributed by atoms with E-state index in [1.807, 2.05) is 26.0 Å². The molecule has 0 fully saturated rings. The van der Waals surface area contributed by atoms with Gasteiger partial charge in [0.15, 0.2) is 11.5 Å². The molecule has 10 nitrogen and oxygen atoms in total. The molecule has 3 aromatic carbocycles. The summed E-state index contributed by atoms with van der Waals surface area (Å²) in [7, 11) is 3.13. The molecule has 1 aliphatic rings. The lowest BCUT2D eigenvalue weighted by Crippen LogP contribution is -2.34. The van der Waals surface area contributed by atoms with E-state index in [2.05, 4.69) is 10.3 Å². The first-order valence-electron chi connectivity index (χ1n) is 12.5. The van der Waals surface area contributed by atoms with Crippen LogP contribution in [0.25, 0.3) is 10.9 Å². The second-order valence-electron chi connectivity index (χ2n) is 9.14. The van der Waals surface area contributed by atoms with E-state index < -0.39 is 17.9 Å². The quantitative estimate of drug-likeness (QED) is 0.291. The Kier molecular flexibility index (Phi) is 7.24. The molecule has 0 radical (unpaired) electrons. The molecule has 0 spiro atoms. The van der Waals surface area contributed by atoms with E-state index in [0.717, 1.165) is 21.4 Å². The summed E-state index contributed by atoms with van der Waals surface area (Å²) in [5.74, 6) is 1.52. The topological polar surface area (TPSA) is 116 Å². The van der Waals surface area contributed by atoms with Crippen molar-refractivity contribution in [3.8, 4) is 23.0 Å². The average Bonchev–Trinajstić information content (AvgIpc) is 3.20. The summed E-state index contributed by atoms with van der Waals surface area (Å²) in [5.41, 5.74) is 3.45. The SMILES string of the molecule is COc1cc2nccc(Oc3cc(C)c(NC(=O)OCCN4C(=O)c5ccccc5C4=O)cc3C)c2cc1OC. The molecule has 0 unspecified atom stereocenters. The molecule has 0 atom stereocenters. The van der Waals surface area contributed by atoms with Crippen LogP contribution in [0.5, 0.6) is 23.0 Å². The zero-order chi connectivity index (χ0) is 28.4. The van der Waals surface area contributed by atoms with Gasteiger partial charge in [0.1, 0.15) is 18.1 Å². The number of hydrogen-bond acceptors (Lipinski definition) is 8. The third-order valence-electron chi connectivity index (χ3n) is 6.61. The van der Waals surface area contributed by atoms with Crippen molar-refractivity contribution in [1.82, 2.24) is 9.88 Å². The summed E-state index contributed by atoms with van der Waals surface area (Å²) in [6.07, 6.45) is 0.952. The number of pyridine rings is 1. The van der Waals surface area contributed by atoms with E-state index in [0.29, 0.717) is 45.3 Å². The summed E-state index contributed by atoms with van der Waals surface area (Å²) >= 11 is 0. The maximum Gasteiger partial charge on any atom is 0.411 e. The van der Waals surface area contributed by atoms with Crippen molar-refractivity contribution in [3.63, 3.8) is 0 Å². The Morgan fingerprint density at radius 3 is 2.20 bits per heavy atom. The van der Waals surface area contributed by atoms with E-state index in [1.165, 1.54) is 0 Å². The number of aromatic nitrogens is 1. The maximum atomic E-state index is 12.5. The molecule has 10 heteroatoms. The van der Waals surface area contributed by atoms with Crippen LogP contribution in [-0.4, -0.2) is 55.2 Å². The van der Waals surface area contributed by atoms with Crippen LogP contribution in [0.1, 0.15) is 31.8 Å². The van der Waals surface area contributed by atoms with Gasteiger partial charge in [-0.2, -0.15) is 0 Å². The zero-order valence-electron chi connectivity index (χ0n) is 22.4. The second kappa shape index (κ2) is 10.9. The van der Waals surface area contributed by atoms with Crippen LogP contribution in [-0.2, 0) is 4.74 Å². The minimum Gasteiger partial charge on any atom is -0.493 e. The van der Waals surface area contributed by atoms with Crippen molar-refractivity contribution in [1.29, 1.82) is 0 Å². The van der Waals surface area contributed by atoms with Crippen LogP contribution in [0.2, 0.25) is 0 Å². The first-order chi connectivity index (χ1) is 19.3. The molecule has 1 aromatic heterocycles. The summed E-state index contributed by atoms with van der Waals surface area (Å²) in [6, 6.07) is 15.6. The van der Waals surface area contributed by atoms with E-state index >= 15 is 0 Å². The molecule has 2 heterocycles. The Morgan fingerprint density at radius 2 is 1.52 bits per heavy atom. The van der Waals surface area contributed by atoms with Crippen molar-refractivity contribution in [2.75, 3.05) is 32.7 Å². The molecule has 0 bridgehead atoms. The van der Waals surface area contributed by atoms with E-state index in [9.17, 15) is 14.4 Å². The Labute approximate surface area is 230 Å². The number of anilines is 1. The average molecular weight is 542 g/mol. The van der Waals surface area contributed by atoms with Crippen LogP contribution < -0.4 is 19.5 Å². The molecule has 1 aliphatic heterocycles. The highest BCUT2D eigenvalue weighted by molar-refractivity contribution is 6.21. The minimum absolute atomic E-state index is 0.0406. The number of amides is 3. The Hall–Kier alpha value is -5.12. The highest BCUT2D eigenvalue weighted by atomic mass is 16.5. The lowest BCUT2D eigenvalue weighted by molar-refractivity contribution is 0.0611. The number of fused-ring (bicyclic) bond motifs is 2. The molecule has 0 saturated carbocycles. The number of imide groups is 1. The van der Waals surface area contributed by atoms with Crippen LogP contribution in [0.15, 0.2) is 60.8 Å². The smallest absolute Gasteiger partial charge is 0.411 e. The normalized spacial score (nSPS) is 12.3. The number of carbonyl (C=O) groups is 3. The molecule has 0 saturated heterocycles. The fraction of sp³-hybridized carbons (Fsp3) is 0.200. The lowest BCUT2D eigenvalue weighted by atomic mass is 10.1. The van der Waals surface area contributed by atoms with Gasteiger partial charge >= 0.3 is 6.09 Å². The summed E-state index contributed by atoms with van der Waals surface area (Å²) in [4.78, 5) is 42.9. The first-order valence-corrected chi connectivity index (χ1v) is 12.5. The van der Waals surface area contributed by atoms with E-state index in [4.69, 9.17) is 18.9 Å². The van der Waals surface area contributed by atoms with Crippen molar-refractivity contribution < 1.29 is 33.3 Å². The van der Waals surface area contributed by atoms with Crippen LogP contribution >= 0.6 is 0 Å². The molecule has 1 N–H and O–H groups in total. The monoisotopic (exact) mass is 541 g/mol. The molecular weight excluding hydrogens is 514 g/mol. The molecule has 0 aliphatic carbocycles. The van der Waals surface area contributed by atoms with Gasteiger partial charge in [-0.05, 0) is 61.4 Å². The van der Waals surface area contributed by atoms with Crippen LogP contribution in [0, 0.1) is 13.8 Å². The molecule has 204 valence electrons. The molecule has 4 aromatic rings. The summed E-state index contributed by atoms with van der Waals surface area (Å²) in [5, 5.41) is 3.47. The lowest BCUT2D eigenvalue weighted by Gasteiger charge is -2.16. The van der Waals surface area contributed by atoms with Gasteiger partial charge in [-0.15, -0.1) is 0 Å². The fourth-order valence-corrected chi connectivity index (χ4v) is 4.51. The van der Waals surface area contributed by atoms with Gasteiger partial charge in [0, 0.05) is 23.3 Å². The summed E-state index contributed by atoms with van der Waals surface area (Å²) < 4.78 is 22.3. The molecule has 5 rings (SSSR count). The van der Waals surface area contributed by atoms with E-state index in [1.54, 1.807) is 62.9 Å². The standard InChI is InChI=1S/C30H27N3O7/c1-17-14-25(40-24-9-10-31-23-16-27(38-4)26(37-3)15-21(23)24)18(2)13-22(17)32-30(36)39-12-11-33-28(34)19-7-5-6-8-20(19)29(33)35/h5-10,13-16H,11-12H2,1-4H3,(H,32,36). The highest BCUT2D eigenvalue weighted by Crippen LogP contribution is 2.38. The first kappa shape index (κ1) is 26.5. The van der Waals surface area contributed by atoms with Crippen molar-refractivity contribution >= 4 is 34.5 Å². The molecular formula is C30H27N3O7. The number of nitrogens with zero attached hydrogens (tertiary/aromatic N) is 2. The number of ether oxygens (including phenoxy) is 4. The largest absolute Gasteiger partial charge is 0.493 e. The Balaban J connectivity index is 1.24. The Morgan fingerprint density at radius 1 is 0.850 bits per heavy atom. The van der Waals surface area contributed by atoms with Gasteiger partial charge in [0.2, 0.25) is 0 Å². The minimum atomic E-state index is -0.700. The fourth-order valence-electron chi connectivity index (χ4n) is 4.51. The molecule has 40 heavy (non-hydrogen) atoms.